The molecule has 1 aliphatic carbocycles. The molecule has 1 aromatic rings. The van der Waals surface area contributed by atoms with Gasteiger partial charge in [-0.3, -0.25) is 0 Å². The first kappa shape index (κ1) is 15.2. The van der Waals surface area contributed by atoms with Gasteiger partial charge in [-0.15, -0.1) is 0 Å². The lowest BCUT2D eigenvalue weighted by atomic mass is 10.1. The average molecular weight is 281 g/mol. The van der Waals surface area contributed by atoms with Crippen LogP contribution in [0.4, 0.5) is 10.2 Å². The van der Waals surface area contributed by atoms with Crippen LogP contribution in [0.5, 0.6) is 0 Å². The Bertz CT molecular complexity index is 455. The summed E-state index contributed by atoms with van der Waals surface area (Å²) in [6, 6.07) is 2.04. The molecule has 0 aliphatic heterocycles. The van der Waals surface area contributed by atoms with Crippen LogP contribution >= 0.6 is 0 Å². The molecule has 0 aromatic carbocycles. The zero-order valence-corrected chi connectivity index (χ0v) is 12.5. The van der Waals surface area contributed by atoms with Crippen LogP contribution in [0, 0.1) is 5.82 Å². The minimum absolute atomic E-state index is 0.0160. The molecule has 112 valence electrons. The smallest absolute Gasteiger partial charge is 0.170 e. The van der Waals surface area contributed by atoms with Gasteiger partial charge in [0.15, 0.2) is 11.6 Å². The van der Waals surface area contributed by atoms with Crippen molar-refractivity contribution in [3.63, 3.8) is 0 Å². The Balaban J connectivity index is 2.17. The summed E-state index contributed by atoms with van der Waals surface area (Å²) in [6.45, 7) is 7.08. The molecule has 0 radical (unpaired) electrons. The molecule has 5 heteroatoms. The third-order valence-corrected chi connectivity index (χ3v) is 3.36. The fraction of sp³-hybridized carbons (Fsp3) is 0.667. The largest absolute Gasteiger partial charge is 0.395 e. The van der Waals surface area contributed by atoms with Crippen molar-refractivity contribution in [3.8, 4) is 0 Å². The number of hydrogen-bond acceptors (Lipinski definition) is 4. The van der Waals surface area contributed by atoms with Gasteiger partial charge in [0.05, 0.1) is 6.61 Å². The van der Waals surface area contributed by atoms with E-state index in [2.05, 4.69) is 31.1 Å². The molecular weight excluding hydrogens is 257 g/mol. The minimum Gasteiger partial charge on any atom is -0.395 e. The van der Waals surface area contributed by atoms with E-state index in [1.807, 2.05) is 4.90 Å². The second-order valence-electron chi connectivity index (χ2n) is 6.36. The Kier molecular flexibility index (Phi) is 4.60. The third-order valence-electron chi connectivity index (χ3n) is 3.36. The molecule has 1 heterocycles. The number of aliphatic hydroxyl groups is 1. The first-order valence-electron chi connectivity index (χ1n) is 7.18. The van der Waals surface area contributed by atoms with Gasteiger partial charge in [0.1, 0.15) is 0 Å². The highest BCUT2D eigenvalue weighted by Crippen LogP contribution is 2.32. The van der Waals surface area contributed by atoms with Crippen LogP contribution in [-0.4, -0.2) is 34.8 Å². The van der Waals surface area contributed by atoms with Gasteiger partial charge in [0.25, 0.3) is 0 Å². The molecule has 20 heavy (non-hydrogen) atoms. The molecular formula is C15H24FN3O. The van der Waals surface area contributed by atoms with E-state index in [1.54, 1.807) is 12.3 Å². The first-order chi connectivity index (χ1) is 9.42. The average Bonchev–Trinajstić information content (AvgIpc) is 3.18. The topological polar surface area (TPSA) is 48.4 Å². The summed E-state index contributed by atoms with van der Waals surface area (Å²) in [7, 11) is 0. The van der Waals surface area contributed by atoms with Crippen molar-refractivity contribution in [1.29, 1.82) is 0 Å². The Morgan fingerprint density at radius 3 is 2.70 bits per heavy atom. The molecule has 0 amide bonds. The second kappa shape index (κ2) is 6.06. The van der Waals surface area contributed by atoms with Gasteiger partial charge in [0.2, 0.25) is 0 Å². The molecule has 4 nitrogen and oxygen atoms in total. The highest BCUT2D eigenvalue weighted by molar-refractivity contribution is 5.45. The second-order valence-corrected chi connectivity index (χ2v) is 6.36. The Hall–Kier alpha value is -1.20. The van der Waals surface area contributed by atoms with E-state index in [0.29, 0.717) is 30.5 Å². The summed E-state index contributed by atoms with van der Waals surface area (Å²) in [5, 5.41) is 12.4. The van der Waals surface area contributed by atoms with Gasteiger partial charge in [-0.1, -0.05) is 0 Å². The van der Waals surface area contributed by atoms with E-state index in [4.69, 9.17) is 5.11 Å². The van der Waals surface area contributed by atoms with Crippen LogP contribution < -0.4 is 10.2 Å². The van der Waals surface area contributed by atoms with Gasteiger partial charge in [-0.05, 0) is 39.7 Å². The van der Waals surface area contributed by atoms with E-state index >= 15 is 0 Å². The van der Waals surface area contributed by atoms with Crippen LogP contribution in [0.25, 0.3) is 0 Å². The maximum atomic E-state index is 14.6. The van der Waals surface area contributed by atoms with E-state index in [1.165, 1.54) is 0 Å². The number of pyridine rings is 1. The summed E-state index contributed by atoms with van der Waals surface area (Å²) in [5.41, 5.74) is 0.561. The van der Waals surface area contributed by atoms with Gasteiger partial charge >= 0.3 is 0 Å². The number of aliphatic hydroxyl groups excluding tert-OH is 1. The van der Waals surface area contributed by atoms with Crippen molar-refractivity contribution in [2.45, 2.75) is 51.7 Å². The van der Waals surface area contributed by atoms with Crippen molar-refractivity contribution in [2.24, 2.45) is 0 Å². The summed E-state index contributed by atoms with van der Waals surface area (Å²) in [4.78, 5) is 6.06. The highest BCUT2D eigenvalue weighted by atomic mass is 19.1. The molecule has 0 atom stereocenters. The molecule has 1 fully saturated rings. The number of hydrogen-bond donors (Lipinski definition) is 2. The maximum Gasteiger partial charge on any atom is 0.170 e. The fourth-order valence-electron chi connectivity index (χ4n) is 2.12. The van der Waals surface area contributed by atoms with Crippen LogP contribution in [-0.2, 0) is 6.54 Å². The quantitative estimate of drug-likeness (QED) is 0.838. The van der Waals surface area contributed by atoms with E-state index < -0.39 is 0 Å². The Morgan fingerprint density at radius 2 is 2.15 bits per heavy atom. The van der Waals surface area contributed by atoms with Gasteiger partial charge < -0.3 is 15.3 Å². The van der Waals surface area contributed by atoms with Crippen LogP contribution in [0.15, 0.2) is 12.3 Å². The predicted octanol–water partition coefficient (Wildman–Crippen LogP) is 2.07. The zero-order valence-electron chi connectivity index (χ0n) is 12.5. The van der Waals surface area contributed by atoms with Gasteiger partial charge in [0, 0.05) is 36.4 Å². The van der Waals surface area contributed by atoms with Crippen molar-refractivity contribution >= 4 is 5.82 Å². The molecule has 1 aliphatic rings. The lowest BCUT2D eigenvalue weighted by Crippen LogP contribution is -2.36. The lowest BCUT2D eigenvalue weighted by Gasteiger charge is -2.25. The molecule has 2 N–H and O–H groups in total. The van der Waals surface area contributed by atoms with Crippen molar-refractivity contribution in [1.82, 2.24) is 10.3 Å². The highest BCUT2D eigenvalue weighted by Gasteiger charge is 2.31. The predicted molar refractivity (Wildman–Crippen MR) is 78.2 cm³/mol. The van der Waals surface area contributed by atoms with Crippen LogP contribution in [0.1, 0.15) is 39.2 Å². The standard InChI is InChI=1S/C15H24FN3O/c1-15(2,3)18-10-11-6-7-17-14(13(11)16)19(8-9-20)12-4-5-12/h6-7,12,18,20H,4-5,8-10H2,1-3H3. The summed E-state index contributed by atoms with van der Waals surface area (Å²) in [5.74, 6) is 0.0966. The molecule has 0 spiro atoms. The third kappa shape index (κ3) is 3.90. The van der Waals surface area contributed by atoms with E-state index in [-0.39, 0.29) is 18.0 Å². The van der Waals surface area contributed by atoms with E-state index in [0.717, 1.165) is 12.8 Å². The molecule has 0 saturated heterocycles. The normalized spacial score (nSPS) is 15.4. The first-order valence-corrected chi connectivity index (χ1v) is 7.18. The lowest BCUT2D eigenvalue weighted by molar-refractivity contribution is 0.300. The summed E-state index contributed by atoms with van der Waals surface area (Å²) >= 11 is 0. The number of anilines is 1. The molecule has 0 unspecified atom stereocenters. The molecule has 2 rings (SSSR count). The number of nitrogens with one attached hydrogen (secondary N) is 1. The van der Waals surface area contributed by atoms with Crippen molar-refractivity contribution < 1.29 is 9.50 Å². The molecule has 0 bridgehead atoms. The molecule has 1 saturated carbocycles. The monoisotopic (exact) mass is 281 g/mol. The summed E-state index contributed by atoms with van der Waals surface area (Å²) in [6.07, 6.45) is 3.74. The van der Waals surface area contributed by atoms with Crippen molar-refractivity contribution in [3.05, 3.63) is 23.6 Å². The number of halogens is 1. The fourth-order valence-corrected chi connectivity index (χ4v) is 2.12. The minimum atomic E-state index is -0.274. The number of nitrogens with zero attached hydrogens (tertiary/aromatic N) is 2. The van der Waals surface area contributed by atoms with Gasteiger partial charge in [-0.25, -0.2) is 9.37 Å². The van der Waals surface area contributed by atoms with Gasteiger partial charge in [-0.2, -0.15) is 0 Å². The van der Waals surface area contributed by atoms with Crippen LogP contribution in [0.2, 0.25) is 0 Å². The van der Waals surface area contributed by atoms with E-state index in [9.17, 15) is 4.39 Å². The number of rotatable bonds is 6. The zero-order chi connectivity index (χ0) is 14.8. The van der Waals surface area contributed by atoms with Crippen molar-refractivity contribution in [2.75, 3.05) is 18.1 Å². The Morgan fingerprint density at radius 1 is 1.45 bits per heavy atom. The van der Waals surface area contributed by atoms with Crippen LogP contribution in [0.3, 0.4) is 0 Å². The summed E-state index contributed by atoms with van der Waals surface area (Å²) < 4.78 is 14.6. The SMILES string of the molecule is CC(C)(C)NCc1ccnc(N(CCO)C2CC2)c1F. The Labute approximate surface area is 120 Å². The number of aromatic nitrogens is 1. The molecule has 1 aromatic heterocycles. The maximum absolute atomic E-state index is 14.6.